The number of rotatable bonds is 14. The first-order valence-corrected chi connectivity index (χ1v) is 31.0. The number of aromatic nitrogens is 12. The Hall–Kier alpha value is -11.1. The van der Waals surface area contributed by atoms with Crippen molar-refractivity contribution >= 4 is 98.6 Å². The largest absolute Gasteiger partial charge is 0.375 e. The first-order valence-electron chi connectivity index (χ1n) is 31.0. The van der Waals surface area contributed by atoms with Gasteiger partial charge in [0.25, 0.3) is 0 Å². The summed E-state index contributed by atoms with van der Waals surface area (Å²) in [4.78, 5) is 42.1. The van der Waals surface area contributed by atoms with Gasteiger partial charge in [0.05, 0.1) is 80.3 Å². The second kappa shape index (κ2) is 23.2. The van der Waals surface area contributed by atoms with E-state index in [4.69, 9.17) is 39.9 Å². The maximum absolute atomic E-state index is 4.80. The SMILES string of the molecule is CCCCc1cnc(-n2c3ccccc3c3cc(-c4ccc5c(c4)c4ccccc4n5-c4ncc(CCCC)cn4)ccc32)nc1.CN(C)c1cnc(-n2c3ccccc3c3cc(-c4ccc5c(c4)c4ccccc4n5-c4ncc(N(C)C)cn4)ccc32)nc1. The highest BCUT2D eigenvalue weighted by Crippen LogP contribution is 2.40. The van der Waals surface area contributed by atoms with E-state index < -0.39 is 0 Å². The second-order valence-corrected chi connectivity index (χ2v) is 23.6. The van der Waals surface area contributed by atoms with Gasteiger partial charge in [0.1, 0.15) is 0 Å². The van der Waals surface area contributed by atoms with E-state index >= 15 is 0 Å². The lowest BCUT2D eigenvalue weighted by Gasteiger charge is -2.12. The molecule has 0 radical (unpaired) electrons. The molecule has 0 spiro atoms. The number of hydrogen-bond acceptors (Lipinski definition) is 10. The van der Waals surface area contributed by atoms with E-state index in [0.717, 1.165) is 116 Å². The standard InChI is InChI=1S/C40H36N6.C36H30N8/c1-3-5-11-27-23-41-39(42-24-27)45-35-15-9-7-13-31(35)33-21-29(17-19-37(33)45)30-18-20-38-34(22-30)32-14-8-10-16-36(32)46(38)40-43-25-28(26-44-40)12-6-4-2;1-41(2)25-19-37-35(38-20-25)43-31-11-7-5-9-27(31)29-17-23(13-15-33(29)43)24-14-16-34-30(18-24)28-10-6-8-12-32(28)44(34)36-39-21-26(22-40-36)42(3)4/h7-10,13-26H,3-6,11-12H2,1-2H3;5-22H,1-4H3. The van der Waals surface area contributed by atoms with Gasteiger partial charge < -0.3 is 9.80 Å². The summed E-state index contributed by atoms with van der Waals surface area (Å²) in [6.07, 6.45) is 22.0. The molecule has 8 aromatic carbocycles. The Morgan fingerprint density at radius 3 is 0.756 bits per heavy atom. The number of benzene rings is 8. The molecule has 440 valence electrons. The van der Waals surface area contributed by atoms with E-state index in [1.54, 1.807) is 0 Å². The minimum Gasteiger partial charge on any atom is -0.375 e. The molecule has 0 fully saturated rings. The Balaban J connectivity index is 0.000000150. The van der Waals surface area contributed by atoms with Gasteiger partial charge in [-0.3, -0.25) is 18.3 Å². The van der Waals surface area contributed by atoms with Crippen LogP contribution in [0, 0.1) is 0 Å². The van der Waals surface area contributed by atoms with Crippen LogP contribution < -0.4 is 9.80 Å². The molecule has 0 saturated heterocycles. The molecule has 0 unspecified atom stereocenters. The smallest absolute Gasteiger partial charge is 0.234 e. The quantitative estimate of drug-likeness (QED) is 0.104. The minimum atomic E-state index is 0.657. The zero-order chi connectivity index (χ0) is 61.0. The summed E-state index contributed by atoms with van der Waals surface area (Å²) in [5, 5.41) is 9.41. The van der Waals surface area contributed by atoms with Crippen LogP contribution in [0.25, 0.3) is 133 Å². The van der Waals surface area contributed by atoms with Crippen LogP contribution in [0.4, 0.5) is 11.4 Å². The molecular weight excluding hydrogens is 1110 g/mol. The highest BCUT2D eigenvalue weighted by Gasteiger charge is 2.21. The fourth-order valence-electron chi connectivity index (χ4n) is 12.7. The van der Waals surface area contributed by atoms with Crippen molar-refractivity contribution in [3.8, 4) is 46.0 Å². The minimum absolute atomic E-state index is 0.657. The predicted molar refractivity (Wildman–Crippen MR) is 369 cm³/mol. The monoisotopic (exact) mass is 1170 g/mol. The van der Waals surface area contributed by atoms with Crippen LogP contribution in [0.1, 0.15) is 50.7 Å². The lowest BCUT2D eigenvalue weighted by Crippen LogP contribution is -2.10. The van der Waals surface area contributed by atoms with Crippen molar-refractivity contribution in [1.82, 2.24) is 58.1 Å². The molecule has 8 heterocycles. The summed E-state index contributed by atoms with van der Waals surface area (Å²) in [6.45, 7) is 4.42. The van der Waals surface area contributed by atoms with Crippen LogP contribution >= 0.6 is 0 Å². The molecule has 0 N–H and O–H groups in total. The number of aryl methyl sites for hydroxylation is 2. The lowest BCUT2D eigenvalue weighted by atomic mass is 10.0. The summed E-state index contributed by atoms with van der Waals surface area (Å²) >= 11 is 0. The second-order valence-electron chi connectivity index (χ2n) is 23.6. The van der Waals surface area contributed by atoms with Crippen LogP contribution in [0.3, 0.4) is 0 Å². The molecule has 0 aliphatic rings. The average Bonchev–Trinajstić information content (AvgIpc) is 1.68. The number of hydrogen-bond donors (Lipinski definition) is 0. The van der Waals surface area contributed by atoms with Gasteiger partial charge in [0.2, 0.25) is 23.8 Å². The van der Waals surface area contributed by atoms with Crippen LogP contribution in [0.2, 0.25) is 0 Å². The van der Waals surface area contributed by atoms with E-state index in [0.29, 0.717) is 23.8 Å². The summed E-state index contributed by atoms with van der Waals surface area (Å²) in [5.41, 5.74) is 17.6. The molecular formula is C76H66N14. The zero-order valence-electron chi connectivity index (χ0n) is 51.3. The lowest BCUT2D eigenvalue weighted by molar-refractivity contribution is 0.785. The zero-order valence-corrected chi connectivity index (χ0v) is 51.3. The molecule has 16 aromatic rings. The Morgan fingerprint density at radius 2 is 0.511 bits per heavy atom. The van der Waals surface area contributed by atoms with E-state index in [2.05, 4.69) is 202 Å². The van der Waals surface area contributed by atoms with Crippen molar-refractivity contribution < 1.29 is 0 Å². The summed E-state index contributed by atoms with van der Waals surface area (Å²) in [6, 6.07) is 60.7. The fourth-order valence-corrected chi connectivity index (χ4v) is 12.7. The van der Waals surface area contributed by atoms with Crippen molar-refractivity contribution in [2.45, 2.75) is 52.4 Å². The first-order chi connectivity index (χ1) is 44.2. The fraction of sp³-hybridized carbons (Fsp3) is 0.158. The third-order valence-electron chi connectivity index (χ3n) is 17.5. The summed E-state index contributed by atoms with van der Waals surface area (Å²) in [7, 11) is 7.97. The van der Waals surface area contributed by atoms with Crippen LogP contribution in [0.15, 0.2) is 219 Å². The Bertz CT molecular complexity index is 4990. The average molecular weight is 1180 g/mol. The molecule has 0 atom stereocenters. The maximum atomic E-state index is 4.80. The number of para-hydroxylation sites is 4. The van der Waals surface area contributed by atoms with Gasteiger partial charge in [0, 0.05) is 96.1 Å². The van der Waals surface area contributed by atoms with E-state index in [9.17, 15) is 0 Å². The van der Waals surface area contributed by atoms with Gasteiger partial charge in [-0.05, 0) is 132 Å². The molecule has 0 aliphatic carbocycles. The summed E-state index contributed by atoms with van der Waals surface area (Å²) < 4.78 is 8.66. The van der Waals surface area contributed by atoms with Crippen molar-refractivity contribution in [2.24, 2.45) is 0 Å². The van der Waals surface area contributed by atoms with Gasteiger partial charge in [-0.1, -0.05) is 124 Å². The van der Waals surface area contributed by atoms with Gasteiger partial charge in [-0.15, -0.1) is 0 Å². The van der Waals surface area contributed by atoms with Crippen LogP contribution in [-0.2, 0) is 12.8 Å². The normalized spacial score (nSPS) is 11.7. The molecule has 0 bridgehead atoms. The molecule has 0 aliphatic heterocycles. The topological polar surface area (TPSA) is 129 Å². The number of nitrogens with zero attached hydrogens (tertiary/aromatic N) is 14. The maximum Gasteiger partial charge on any atom is 0.234 e. The molecule has 14 heteroatoms. The van der Waals surface area contributed by atoms with E-state index in [1.807, 2.05) is 87.6 Å². The molecule has 0 saturated carbocycles. The molecule has 0 amide bonds. The number of fused-ring (bicyclic) bond motifs is 12. The first kappa shape index (κ1) is 55.5. The highest BCUT2D eigenvalue weighted by atomic mass is 15.2. The van der Waals surface area contributed by atoms with Crippen molar-refractivity contribution in [1.29, 1.82) is 0 Å². The Morgan fingerprint density at radius 1 is 0.278 bits per heavy atom. The van der Waals surface area contributed by atoms with E-state index in [1.165, 1.54) is 54.6 Å². The van der Waals surface area contributed by atoms with Gasteiger partial charge in [-0.25, -0.2) is 39.9 Å². The van der Waals surface area contributed by atoms with Crippen molar-refractivity contribution in [3.63, 3.8) is 0 Å². The number of unbranched alkanes of at least 4 members (excludes halogenated alkanes) is 2. The Kier molecular flexibility index (Phi) is 14.3. The van der Waals surface area contributed by atoms with Gasteiger partial charge >= 0.3 is 0 Å². The Labute approximate surface area is 521 Å². The predicted octanol–water partition coefficient (Wildman–Crippen LogP) is 17.1. The van der Waals surface area contributed by atoms with Crippen LogP contribution in [0.5, 0.6) is 0 Å². The van der Waals surface area contributed by atoms with Crippen LogP contribution in [-0.4, -0.2) is 86.3 Å². The molecule has 8 aromatic heterocycles. The van der Waals surface area contributed by atoms with E-state index in [-0.39, 0.29) is 0 Å². The molecule has 16 rings (SSSR count). The van der Waals surface area contributed by atoms with Gasteiger partial charge in [-0.2, -0.15) is 0 Å². The summed E-state index contributed by atoms with van der Waals surface area (Å²) in [5.74, 6) is 2.72. The van der Waals surface area contributed by atoms with Crippen molar-refractivity contribution in [3.05, 3.63) is 231 Å². The number of anilines is 2. The third-order valence-corrected chi connectivity index (χ3v) is 17.5. The van der Waals surface area contributed by atoms with Gasteiger partial charge in [0.15, 0.2) is 0 Å². The third kappa shape index (κ3) is 9.77. The van der Waals surface area contributed by atoms with Crippen molar-refractivity contribution in [2.75, 3.05) is 38.0 Å². The highest BCUT2D eigenvalue weighted by molar-refractivity contribution is 6.14. The molecule has 90 heavy (non-hydrogen) atoms. The molecule has 14 nitrogen and oxygen atoms in total.